The number of nitrogens with zero attached hydrogens (tertiary/aromatic N) is 2. The van der Waals surface area contributed by atoms with Gasteiger partial charge in [0.15, 0.2) is 0 Å². The molecule has 1 rings (SSSR count). The molecular formula is C27H52N2O4. The second-order valence-electron chi connectivity index (χ2n) is 9.85. The van der Waals surface area contributed by atoms with Crippen molar-refractivity contribution >= 4 is 12.1 Å². The minimum Gasteiger partial charge on any atom is -0.466 e. The smallest absolute Gasteiger partial charge is 0.407 e. The zero-order valence-electron chi connectivity index (χ0n) is 21.7. The largest absolute Gasteiger partial charge is 0.466 e. The number of carbonyl (C=O) groups is 2. The first-order valence-electron chi connectivity index (χ1n) is 13.9. The Kier molecular flexibility index (Phi) is 18.1. The molecule has 1 N–H and O–H groups in total. The van der Waals surface area contributed by atoms with Gasteiger partial charge in [0.1, 0.15) is 0 Å². The summed E-state index contributed by atoms with van der Waals surface area (Å²) in [5.41, 5.74) is 0. The van der Waals surface area contributed by atoms with Crippen LogP contribution >= 0.6 is 0 Å². The minimum absolute atomic E-state index is 0.0489. The molecule has 33 heavy (non-hydrogen) atoms. The van der Waals surface area contributed by atoms with Gasteiger partial charge in [0.2, 0.25) is 0 Å². The lowest BCUT2D eigenvalue weighted by Gasteiger charge is -2.30. The lowest BCUT2D eigenvalue weighted by molar-refractivity contribution is -0.143. The van der Waals surface area contributed by atoms with Crippen LogP contribution in [0.2, 0.25) is 0 Å². The van der Waals surface area contributed by atoms with E-state index in [1.165, 1.54) is 51.4 Å². The van der Waals surface area contributed by atoms with Gasteiger partial charge in [0.25, 0.3) is 0 Å². The van der Waals surface area contributed by atoms with E-state index in [0.29, 0.717) is 32.0 Å². The van der Waals surface area contributed by atoms with Crippen molar-refractivity contribution in [2.75, 3.05) is 39.3 Å². The maximum Gasteiger partial charge on any atom is 0.407 e. The van der Waals surface area contributed by atoms with Crippen molar-refractivity contribution in [1.82, 2.24) is 9.80 Å². The van der Waals surface area contributed by atoms with Gasteiger partial charge in [0.05, 0.1) is 6.61 Å². The number of likely N-dealkylation sites (tertiary alicyclic amines) is 1. The fourth-order valence-corrected chi connectivity index (χ4v) is 4.70. The van der Waals surface area contributed by atoms with E-state index in [1.807, 2.05) is 0 Å². The molecule has 0 aromatic carbocycles. The van der Waals surface area contributed by atoms with Crippen LogP contribution in [0.25, 0.3) is 0 Å². The second-order valence-corrected chi connectivity index (χ2v) is 9.85. The number of esters is 1. The van der Waals surface area contributed by atoms with Crippen molar-refractivity contribution in [1.29, 1.82) is 0 Å². The van der Waals surface area contributed by atoms with Crippen molar-refractivity contribution in [2.45, 2.75) is 117 Å². The molecule has 0 saturated carbocycles. The number of amides is 1. The summed E-state index contributed by atoms with van der Waals surface area (Å²) in [4.78, 5) is 27.2. The Morgan fingerprint density at radius 3 is 2.06 bits per heavy atom. The van der Waals surface area contributed by atoms with E-state index in [4.69, 9.17) is 9.84 Å². The molecule has 1 amide bonds. The van der Waals surface area contributed by atoms with Crippen LogP contribution in [0, 0.1) is 5.92 Å². The van der Waals surface area contributed by atoms with Crippen LogP contribution in [-0.4, -0.2) is 66.3 Å². The summed E-state index contributed by atoms with van der Waals surface area (Å²) >= 11 is 0. The predicted molar refractivity (Wildman–Crippen MR) is 136 cm³/mol. The number of hydrogen-bond acceptors (Lipinski definition) is 4. The Labute approximate surface area is 203 Å². The van der Waals surface area contributed by atoms with Gasteiger partial charge in [0, 0.05) is 19.5 Å². The van der Waals surface area contributed by atoms with Crippen molar-refractivity contribution in [3.63, 3.8) is 0 Å². The van der Waals surface area contributed by atoms with Gasteiger partial charge in [-0.25, -0.2) is 4.79 Å². The Balaban J connectivity index is 2.27. The molecule has 6 heteroatoms. The van der Waals surface area contributed by atoms with Crippen LogP contribution in [0.5, 0.6) is 0 Å². The van der Waals surface area contributed by atoms with E-state index < -0.39 is 6.09 Å². The lowest BCUT2D eigenvalue weighted by Crippen LogP contribution is -2.37. The number of unbranched alkanes of at least 4 members (excludes halogenated alkanes) is 8. The molecule has 6 nitrogen and oxygen atoms in total. The maximum atomic E-state index is 12.0. The van der Waals surface area contributed by atoms with Crippen LogP contribution in [-0.2, 0) is 9.53 Å². The molecule has 0 radical (unpaired) electrons. The Bertz CT molecular complexity index is 493. The number of carboxylic acid groups (broad SMARTS) is 1. The van der Waals surface area contributed by atoms with Crippen molar-refractivity contribution in [3.8, 4) is 0 Å². The number of ether oxygens (including phenoxy) is 1. The van der Waals surface area contributed by atoms with E-state index >= 15 is 0 Å². The van der Waals surface area contributed by atoms with Crippen LogP contribution < -0.4 is 0 Å². The first kappa shape index (κ1) is 29.7. The molecule has 0 bridgehead atoms. The molecule has 0 aliphatic carbocycles. The number of rotatable bonds is 20. The zero-order chi connectivity index (χ0) is 24.2. The van der Waals surface area contributed by atoms with E-state index in [1.54, 1.807) is 4.90 Å². The summed E-state index contributed by atoms with van der Waals surface area (Å²) in [5.74, 6) is 0.603. The third-order valence-electron chi connectivity index (χ3n) is 6.92. The highest BCUT2D eigenvalue weighted by Crippen LogP contribution is 2.22. The van der Waals surface area contributed by atoms with Crippen molar-refractivity contribution < 1.29 is 19.4 Å². The third-order valence-corrected chi connectivity index (χ3v) is 6.92. The van der Waals surface area contributed by atoms with Crippen LogP contribution in [0.4, 0.5) is 4.79 Å². The molecule has 1 aliphatic heterocycles. The van der Waals surface area contributed by atoms with Crippen LogP contribution in [0.1, 0.15) is 117 Å². The van der Waals surface area contributed by atoms with Crippen LogP contribution in [0.15, 0.2) is 0 Å². The standard InChI is InChI=1S/C27H52N2O4/c1-3-5-7-8-9-10-11-19-28(21-14-16-26(30)33-24-12-6-4-2)20-13-15-25-17-22-29(23-18-25)27(31)32/h25H,3-24H2,1-2H3,(H,31,32). The summed E-state index contributed by atoms with van der Waals surface area (Å²) in [7, 11) is 0. The van der Waals surface area contributed by atoms with E-state index in [9.17, 15) is 9.59 Å². The van der Waals surface area contributed by atoms with Crippen LogP contribution in [0.3, 0.4) is 0 Å². The fourth-order valence-electron chi connectivity index (χ4n) is 4.70. The molecule has 0 unspecified atom stereocenters. The predicted octanol–water partition coefficient (Wildman–Crippen LogP) is 6.72. The van der Waals surface area contributed by atoms with Gasteiger partial charge >= 0.3 is 12.1 Å². The zero-order valence-corrected chi connectivity index (χ0v) is 21.7. The molecule has 1 fully saturated rings. The van der Waals surface area contributed by atoms with E-state index in [-0.39, 0.29) is 5.97 Å². The Morgan fingerprint density at radius 2 is 1.39 bits per heavy atom. The first-order chi connectivity index (χ1) is 16.1. The summed E-state index contributed by atoms with van der Waals surface area (Å²) in [6, 6.07) is 0. The number of hydrogen-bond donors (Lipinski definition) is 1. The topological polar surface area (TPSA) is 70.1 Å². The number of piperidine rings is 1. The highest BCUT2D eigenvalue weighted by molar-refractivity contribution is 5.69. The van der Waals surface area contributed by atoms with Crippen molar-refractivity contribution in [3.05, 3.63) is 0 Å². The molecule has 0 spiro atoms. The fraction of sp³-hybridized carbons (Fsp3) is 0.926. The van der Waals surface area contributed by atoms with Gasteiger partial charge in [-0.15, -0.1) is 0 Å². The Hall–Kier alpha value is -1.30. The molecule has 194 valence electrons. The first-order valence-corrected chi connectivity index (χ1v) is 13.9. The third kappa shape index (κ3) is 16.0. The highest BCUT2D eigenvalue weighted by atomic mass is 16.5. The van der Waals surface area contributed by atoms with E-state index in [2.05, 4.69) is 18.7 Å². The van der Waals surface area contributed by atoms with Gasteiger partial charge in [-0.2, -0.15) is 0 Å². The summed E-state index contributed by atoms with van der Waals surface area (Å²) < 4.78 is 5.35. The molecule has 0 aromatic rings. The molecule has 1 aliphatic rings. The molecule has 0 atom stereocenters. The summed E-state index contributed by atoms with van der Waals surface area (Å²) in [5, 5.41) is 9.12. The van der Waals surface area contributed by atoms with Crippen molar-refractivity contribution in [2.24, 2.45) is 5.92 Å². The lowest BCUT2D eigenvalue weighted by atomic mass is 9.92. The quantitative estimate of drug-likeness (QED) is 0.159. The highest BCUT2D eigenvalue weighted by Gasteiger charge is 2.22. The molecule has 1 saturated heterocycles. The average molecular weight is 469 g/mol. The number of carbonyl (C=O) groups excluding carboxylic acids is 1. The maximum absolute atomic E-state index is 12.0. The molecular weight excluding hydrogens is 416 g/mol. The SMILES string of the molecule is CCCCCCCCCN(CCCC(=O)OCCCCC)CCCC1CCN(C(=O)O)CC1. The summed E-state index contributed by atoms with van der Waals surface area (Å²) in [6.45, 7) is 9.52. The Morgan fingerprint density at radius 1 is 0.818 bits per heavy atom. The monoisotopic (exact) mass is 468 g/mol. The molecule has 1 heterocycles. The average Bonchev–Trinajstić information content (AvgIpc) is 2.81. The second kappa shape index (κ2) is 20.1. The normalized spacial score (nSPS) is 14.7. The van der Waals surface area contributed by atoms with Gasteiger partial charge in [-0.05, 0) is 70.5 Å². The van der Waals surface area contributed by atoms with Gasteiger partial charge in [-0.3, -0.25) is 4.79 Å². The van der Waals surface area contributed by atoms with Gasteiger partial charge in [-0.1, -0.05) is 65.2 Å². The minimum atomic E-state index is -0.779. The van der Waals surface area contributed by atoms with E-state index in [0.717, 1.165) is 64.6 Å². The van der Waals surface area contributed by atoms with Gasteiger partial charge < -0.3 is 19.6 Å². The summed E-state index contributed by atoms with van der Waals surface area (Å²) in [6.07, 6.45) is 17.4. The molecule has 0 aromatic heterocycles.